The van der Waals surface area contributed by atoms with Crippen molar-refractivity contribution in [3.05, 3.63) is 34.1 Å². The Labute approximate surface area is 119 Å². The van der Waals surface area contributed by atoms with Crippen LogP contribution in [0.25, 0.3) is 0 Å². The molecular weight excluding hydrogens is 315 g/mol. The average Bonchev–Trinajstić information content (AvgIpc) is 2.86. The highest BCUT2D eigenvalue weighted by molar-refractivity contribution is 9.10. The maximum absolute atomic E-state index is 14.1. The summed E-state index contributed by atoms with van der Waals surface area (Å²) in [6, 6.07) is 5.03. The highest BCUT2D eigenvalue weighted by atomic mass is 79.9. The van der Waals surface area contributed by atoms with Gasteiger partial charge in [0.2, 0.25) is 0 Å². The molecule has 1 spiro atoms. The van der Waals surface area contributed by atoms with E-state index in [0.29, 0.717) is 48.9 Å². The van der Waals surface area contributed by atoms with Gasteiger partial charge in [0, 0.05) is 18.4 Å². The smallest absolute Gasteiger partial charge is 0.168 e. The number of rotatable bonds is 1. The summed E-state index contributed by atoms with van der Waals surface area (Å²) < 4.78 is 25.8. The van der Waals surface area contributed by atoms with Crippen molar-refractivity contribution >= 4 is 15.9 Å². The van der Waals surface area contributed by atoms with Crippen molar-refractivity contribution in [1.29, 1.82) is 0 Å². The highest BCUT2D eigenvalue weighted by Gasteiger charge is 2.47. The maximum Gasteiger partial charge on any atom is 0.168 e. The molecule has 0 radical (unpaired) electrons. The SMILES string of the molecule is OC1(c2cccc(Br)c2F)CCC2(CC1)OCCO2. The summed E-state index contributed by atoms with van der Waals surface area (Å²) in [5, 5.41) is 10.7. The van der Waals surface area contributed by atoms with Crippen LogP contribution >= 0.6 is 15.9 Å². The number of hydrogen-bond donors (Lipinski definition) is 1. The monoisotopic (exact) mass is 330 g/mol. The van der Waals surface area contributed by atoms with Gasteiger partial charge in [-0.05, 0) is 34.8 Å². The second-order valence-corrected chi connectivity index (χ2v) is 6.09. The molecule has 0 amide bonds. The van der Waals surface area contributed by atoms with Crippen molar-refractivity contribution < 1.29 is 19.0 Å². The van der Waals surface area contributed by atoms with Crippen molar-refractivity contribution in [2.45, 2.75) is 37.1 Å². The van der Waals surface area contributed by atoms with Gasteiger partial charge < -0.3 is 14.6 Å². The summed E-state index contributed by atoms with van der Waals surface area (Å²) in [7, 11) is 0. The Morgan fingerprint density at radius 3 is 2.37 bits per heavy atom. The zero-order chi connectivity index (χ0) is 13.5. The molecule has 1 N–H and O–H groups in total. The van der Waals surface area contributed by atoms with Gasteiger partial charge in [-0.2, -0.15) is 0 Å². The van der Waals surface area contributed by atoms with E-state index >= 15 is 0 Å². The molecule has 1 aliphatic carbocycles. The molecule has 1 aliphatic heterocycles. The molecule has 0 aromatic heterocycles. The van der Waals surface area contributed by atoms with Crippen molar-refractivity contribution in [2.24, 2.45) is 0 Å². The van der Waals surface area contributed by atoms with Gasteiger partial charge in [-0.3, -0.25) is 0 Å². The fourth-order valence-corrected chi connectivity index (χ4v) is 3.33. The van der Waals surface area contributed by atoms with Gasteiger partial charge in [-0.1, -0.05) is 12.1 Å². The molecule has 1 saturated heterocycles. The lowest BCUT2D eigenvalue weighted by molar-refractivity contribution is -0.204. The van der Waals surface area contributed by atoms with Crippen LogP contribution in [0.1, 0.15) is 31.2 Å². The van der Waals surface area contributed by atoms with Crippen LogP contribution in [0.2, 0.25) is 0 Å². The Kier molecular flexibility index (Phi) is 3.41. The minimum absolute atomic E-state index is 0.356. The molecule has 3 rings (SSSR count). The minimum atomic E-state index is -1.13. The second kappa shape index (κ2) is 4.81. The molecule has 0 bridgehead atoms. The Bertz CT molecular complexity index is 476. The lowest BCUT2D eigenvalue weighted by Crippen LogP contribution is -2.42. The van der Waals surface area contributed by atoms with E-state index in [1.165, 1.54) is 0 Å². The summed E-state index contributed by atoms with van der Waals surface area (Å²) in [6.07, 6.45) is 2.08. The predicted octanol–water partition coefficient (Wildman–Crippen LogP) is 3.09. The Hall–Kier alpha value is -0.490. The molecule has 104 valence electrons. The molecule has 0 unspecified atom stereocenters. The van der Waals surface area contributed by atoms with E-state index in [9.17, 15) is 9.50 Å². The molecule has 1 aromatic carbocycles. The topological polar surface area (TPSA) is 38.7 Å². The zero-order valence-electron chi connectivity index (χ0n) is 10.5. The lowest BCUT2D eigenvalue weighted by atomic mass is 9.77. The van der Waals surface area contributed by atoms with Crippen LogP contribution in [0, 0.1) is 5.82 Å². The minimum Gasteiger partial charge on any atom is -0.385 e. The van der Waals surface area contributed by atoms with E-state index < -0.39 is 11.4 Å². The van der Waals surface area contributed by atoms with Crippen LogP contribution in [0.4, 0.5) is 4.39 Å². The third-order valence-electron chi connectivity index (χ3n) is 4.11. The fraction of sp³-hybridized carbons (Fsp3) is 0.571. The van der Waals surface area contributed by atoms with Crippen LogP contribution in [0.5, 0.6) is 0 Å². The van der Waals surface area contributed by atoms with Gasteiger partial charge in [-0.15, -0.1) is 0 Å². The largest absolute Gasteiger partial charge is 0.385 e. The number of benzene rings is 1. The van der Waals surface area contributed by atoms with Gasteiger partial charge in [0.1, 0.15) is 5.82 Å². The van der Waals surface area contributed by atoms with E-state index in [-0.39, 0.29) is 5.82 Å². The van der Waals surface area contributed by atoms with Crippen molar-refractivity contribution in [3.8, 4) is 0 Å². The second-order valence-electron chi connectivity index (χ2n) is 5.24. The van der Waals surface area contributed by atoms with Gasteiger partial charge >= 0.3 is 0 Å². The van der Waals surface area contributed by atoms with Crippen molar-refractivity contribution in [2.75, 3.05) is 13.2 Å². The first kappa shape index (κ1) is 13.5. The van der Waals surface area contributed by atoms with E-state index in [2.05, 4.69) is 15.9 Å². The quantitative estimate of drug-likeness (QED) is 0.859. The third-order valence-corrected chi connectivity index (χ3v) is 4.72. The molecule has 2 fully saturated rings. The summed E-state index contributed by atoms with van der Waals surface area (Å²) in [5.74, 6) is -0.927. The number of halogens is 2. The standard InChI is InChI=1S/C14H16BrFO3/c15-11-3-1-2-10(12(11)16)13(17)4-6-14(7-5-13)18-8-9-19-14/h1-3,17H,4-9H2. The summed E-state index contributed by atoms with van der Waals surface area (Å²) in [6.45, 7) is 1.20. The first-order valence-corrected chi connectivity index (χ1v) is 7.29. The van der Waals surface area contributed by atoms with E-state index in [1.807, 2.05) is 0 Å². The summed E-state index contributed by atoms with van der Waals surface area (Å²) >= 11 is 3.16. The predicted molar refractivity (Wildman–Crippen MR) is 71.1 cm³/mol. The average molecular weight is 331 g/mol. The number of ether oxygens (including phenoxy) is 2. The first-order valence-electron chi connectivity index (χ1n) is 6.50. The highest BCUT2D eigenvalue weighted by Crippen LogP contribution is 2.45. The maximum atomic E-state index is 14.1. The van der Waals surface area contributed by atoms with Crippen molar-refractivity contribution in [1.82, 2.24) is 0 Å². The van der Waals surface area contributed by atoms with Crippen molar-refractivity contribution in [3.63, 3.8) is 0 Å². The molecule has 0 atom stereocenters. The van der Waals surface area contributed by atoms with Gasteiger partial charge in [0.15, 0.2) is 5.79 Å². The zero-order valence-corrected chi connectivity index (χ0v) is 12.1. The van der Waals surface area contributed by atoms with E-state index in [1.54, 1.807) is 18.2 Å². The van der Waals surface area contributed by atoms with E-state index in [0.717, 1.165) is 0 Å². The fourth-order valence-electron chi connectivity index (χ4n) is 2.96. The van der Waals surface area contributed by atoms with Crippen LogP contribution in [0.15, 0.2) is 22.7 Å². The van der Waals surface area contributed by atoms with Gasteiger partial charge in [-0.25, -0.2) is 4.39 Å². The van der Waals surface area contributed by atoms with E-state index in [4.69, 9.17) is 9.47 Å². The lowest BCUT2D eigenvalue weighted by Gasteiger charge is -2.40. The molecule has 3 nitrogen and oxygen atoms in total. The Balaban J connectivity index is 1.83. The molecule has 1 saturated carbocycles. The molecule has 1 aromatic rings. The van der Waals surface area contributed by atoms with Crippen LogP contribution in [-0.2, 0) is 15.1 Å². The Morgan fingerprint density at radius 2 is 1.74 bits per heavy atom. The molecule has 1 heterocycles. The number of aliphatic hydroxyl groups is 1. The van der Waals surface area contributed by atoms with Crippen LogP contribution in [-0.4, -0.2) is 24.1 Å². The normalized spacial score (nSPS) is 24.8. The summed E-state index contributed by atoms with van der Waals surface area (Å²) in [4.78, 5) is 0. The third kappa shape index (κ3) is 2.33. The van der Waals surface area contributed by atoms with Crippen LogP contribution < -0.4 is 0 Å². The number of hydrogen-bond acceptors (Lipinski definition) is 3. The molecular formula is C14H16BrFO3. The molecule has 5 heteroatoms. The van der Waals surface area contributed by atoms with Crippen LogP contribution in [0.3, 0.4) is 0 Å². The first-order chi connectivity index (χ1) is 9.05. The molecule has 19 heavy (non-hydrogen) atoms. The van der Waals surface area contributed by atoms with Gasteiger partial charge in [0.05, 0.1) is 23.3 Å². The van der Waals surface area contributed by atoms with Gasteiger partial charge in [0.25, 0.3) is 0 Å². The summed E-state index contributed by atoms with van der Waals surface area (Å²) in [5.41, 5.74) is -0.774. The Morgan fingerprint density at radius 1 is 1.11 bits per heavy atom. The molecule has 2 aliphatic rings.